The van der Waals surface area contributed by atoms with E-state index in [2.05, 4.69) is 15.5 Å². The number of benzene rings is 2. The molecular formula is C19H18FN3O4S. The third-order valence-electron chi connectivity index (χ3n) is 3.87. The monoisotopic (exact) mass is 403 g/mol. The molecule has 7 nitrogen and oxygen atoms in total. The molecule has 0 aliphatic heterocycles. The van der Waals surface area contributed by atoms with Crippen LogP contribution in [0.4, 0.5) is 4.39 Å². The lowest BCUT2D eigenvalue weighted by atomic mass is 10.2. The fourth-order valence-corrected chi connectivity index (χ4v) is 3.61. The predicted molar refractivity (Wildman–Crippen MR) is 98.7 cm³/mol. The number of halogens is 1. The standard InChI is InChI=1S/C19H18FN3O4S/c20-16-10-8-15(9-11-16)18(24)21-12-4-7-17-22-23-19(27-17)28(25,26)13-14-5-2-1-3-6-14/h1-3,5-6,8-11H,4,7,12-13H2,(H,21,24). The van der Waals surface area contributed by atoms with E-state index < -0.39 is 20.9 Å². The van der Waals surface area contributed by atoms with E-state index in [9.17, 15) is 17.6 Å². The van der Waals surface area contributed by atoms with Crippen molar-refractivity contribution in [3.63, 3.8) is 0 Å². The molecule has 0 aliphatic rings. The van der Waals surface area contributed by atoms with Gasteiger partial charge in [-0.05, 0) is 36.2 Å². The summed E-state index contributed by atoms with van der Waals surface area (Å²) in [7, 11) is -3.72. The number of nitrogens with zero attached hydrogens (tertiary/aromatic N) is 2. The average Bonchev–Trinajstić information content (AvgIpc) is 3.16. The third kappa shape index (κ3) is 5.23. The summed E-state index contributed by atoms with van der Waals surface area (Å²) in [6.45, 7) is 0.324. The van der Waals surface area contributed by atoms with Gasteiger partial charge in [-0.3, -0.25) is 4.79 Å². The van der Waals surface area contributed by atoms with Crippen LogP contribution in [0.25, 0.3) is 0 Å². The van der Waals surface area contributed by atoms with Crippen molar-refractivity contribution in [2.75, 3.05) is 6.54 Å². The lowest BCUT2D eigenvalue weighted by Crippen LogP contribution is -2.24. The molecule has 9 heteroatoms. The zero-order valence-corrected chi connectivity index (χ0v) is 15.7. The van der Waals surface area contributed by atoms with Crippen molar-refractivity contribution in [2.45, 2.75) is 23.8 Å². The number of sulfone groups is 1. The maximum absolute atomic E-state index is 12.9. The summed E-state index contributed by atoms with van der Waals surface area (Å²) >= 11 is 0. The topological polar surface area (TPSA) is 102 Å². The minimum atomic E-state index is -3.72. The van der Waals surface area contributed by atoms with Crippen LogP contribution in [0.15, 0.2) is 64.2 Å². The molecule has 0 bridgehead atoms. The maximum atomic E-state index is 12.9. The van der Waals surface area contributed by atoms with Gasteiger partial charge in [0.1, 0.15) is 5.82 Å². The summed E-state index contributed by atoms with van der Waals surface area (Å²) < 4.78 is 42.8. The molecule has 1 aromatic heterocycles. The van der Waals surface area contributed by atoms with Crippen LogP contribution in [0.1, 0.15) is 28.2 Å². The number of amides is 1. The van der Waals surface area contributed by atoms with Crippen LogP contribution in [0.2, 0.25) is 0 Å². The molecule has 0 unspecified atom stereocenters. The Kier molecular flexibility index (Phi) is 6.15. The van der Waals surface area contributed by atoms with Crippen molar-refractivity contribution in [3.05, 3.63) is 77.4 Å². The highest BCUT2D eigenvalue weighted by molar-refractivity contribution is 7.90. The number of nitrogens with one attached hydrogen (secondary N) is 1. The minimum absolute atomic E-state index is 0.183. The Morgan fingerprint density at radius 3 is 2.46 bits per heavy atom. The molecule has 0 atom stereocenters. The first-order valence-electron chi connectivity index (χ1n) is 8.57. The molecule has 2 aromatic carbocycles. The van der Waals surface area contributed by atoms with Gasteiger partial charge in [0, 0.05) is 18.5 Å². The molecule has 0 aliphatic carbocycles. The first kappa shape index (κ1) is 19.7. The van der Waals surface area contributed by atoms with E-state index in [1.807, 2.05) is 0 Å². The van der Waals surface area contributed by atoms with Crippen LogP contribution in [-0.4, -0.2) is 31.1 Å². The summed E-state index contributed by atoms with van der Waals surface area (Å²) in [6.07, 6.45) is 0.796. The van der Waals surface area contributed by atoms with Gasteiger partial charge >= 0.3 is 5.22 Å². The highest BCUT2D eigenvalue weighted by atomic mass is 32.2. The molecule has 1 heterocycles. The van der Waals surface area contributed by atoms with Crippen LogP contribution in [0, 0.1) is 5.82 Å². The molecule has 1 amide bonds. The van der Waals surface area contributed by atoms with Gasteiger partial charge in [0.2, 0.25) is 15.7 Å². The Labute approximate surface area is 161 Å². The molecular weight excluding hydrogens is 385 g/mol. The smallest absolute Gasteiger partial charge is 0.335 e. The summed E-state index contributed by atoms with van der Waals surface area (Å²) in [5, 5.41) is 9.66. The van der Waals surface area contributed by atoms with Gasteiger partial charge in [-0.2, -0.15) is 0 Å². The molecule has 0 saturated heterocycles. The van der Waals surface area contributed by atoms with Gasteiger partial charge in [0.15, 0.2) is 0 Å². The lowest BCUT2D eigenvalue weighted by Gasteiger charge is -2.04. The Morgan fingerprint density at radius 1 is 1.04 bits per heavy atom. The lowest BCUT2D eigenvalue weighted by molar-refractivity contribution is 0.0953. The number of carbonyl (C=O) groups is 1. The van der Waals surface area contributed by atoms with Gasteiger partial charge in [0.05, 0.1) is 5.75 Å². The van der Waals surface area contributed by atoms with Crippen LogP contribution in [-0.2, 0) is 22.0 Å². The van der Waals surface area contributed by atoms with E-state index in [1.165, 1.54) is 24.3 Å². The van der Waals surface area contributed by atoms with Crippen LogP contribution in [0.3, 0.4) is 0 Å². The van der Waals surface area contributed by atoms with Gasteiger partial charge < -0.3 is 9.73 Å². The first-order valence-corrected chi connectivity index (χ1v) is 10.2. The molecule has 0 radical (unpaired) electrons. The van der Waals surface area contributed by atoms with E-state index in [0.717, 1.165) is 0 Å². The van der Waals surface area contributed by atoms with E-state index in [4.69, 9.17) is 4.42 Å². The van der Waals surface area contributed by atoms with Crippen LogP contribution < -0.4 is 5.32 Å². The van der Waals surface area contributed by atoms with E-state index >= 15 is 0 Å². The second kappa shape index (κ2) is 8.75. The quantitative estimate of drug-likeness (QED) is 0.580. The zero-order valence-electron chi connectivity index (χ0n) is 14.8. The van der Waals surface area contributed by atoms with Crippen LogP contribution in [0.5, 0.6) is 0 Å². The van der Waals surface area contributed by atoms with E-state index in [-0.39, 0.29) is 17.6 Å². The molecule has 1 N–H and O–H groups in total. The van der Waals surface area contributed by atoms with Crippen molar-refractivity contribution < 1.29 is 22.0 Å². The molecule has 28 heavy (non-hydrogen) atoms. The first-order chi connectivity index (χ1) is 13.4. The zero-order chi connectivity index (χ0) is 20.0. The van der Waals surface area contributed by atoms with E-state index in [0.29, 0.717) is 30.5 Å². The molecule has 146 valence electrons. The maximum Gasteiger partial charge on any atom is 0.335 e. The van der Waals surface area contributed by atoms with Gasteiger partial charge in [-0.25, -0.2) is 12.8 Å². The number of hydrogen-bond acceptors (Lipinski definition) is 6. The molecule has 0 fully saturated rings. The second-order valence-electron chi connectivity index (χ2n) is 6.07. The Hall–Kier alpha value is -3.07. The minimum Gasteiger partial charge on any atom is -0.413 e. The molecule has 3 rings (SSSR count). The van der Waals surface area contributed by atoms with Gasteiger partial charge in [-0.15, -0.1) is 5.10 Å². The number of carbonyl (C=O) groups excluding carboxylic acids is 1. The Bertz CT molecular complexity index is 1030. The predicted octanol–water partition coefficient (Wildman–Crippen LogP) is 2.55. The average molecular weight is 403 g/mol. The number of aryl methyl sites for hydroxylation is 1. The Morgan fingerprint density at radius 2 is 1.75 bits per heavy atom. The van der Waals surface area contributed by atoms with Crippen molar-refractivity contribution in [2.24, 2.45) is 0 Å². The fraction of sp³-hybridized carbons (Fsp3) is 0.211. The summed E-state index contributed by atoms with van der Waals surface area (Å²) in [5.74, 6) is -0.770. The SMILES string of the molecule is O=C(NCCCc1nnc(S(=O)(=O)Cc2ccccc2)o1)c1ccc(F)cc1. The summed E-state index contributed by atoms with van der Waals surface area (Å²) in [6, 6.07) is 13.9. The highest BCUT2D eigenvalue weighted by Crippen LogP contribution is 2.15. The van der Waals surface area contributed by atoms with E-state index in [1.54, 1.807) is 30.3 Å². The number of hydrogen-bond donors (Lipinski definition) is 1. The summed E-state index contributed by atoms with van der Waals surface area (Å²) in [5.41, 5.74) is 0.985. The molecule has 0 saturated carbocycles. The Balaban J connectivity index is 1.49. The number of rotatable bonds is 8. The fourth-order valence-electron chi connectivity index (χ4n) is 2.47. The van der Waals surface area contributed by atoms with Crippen molar-refractivity contribution in [1.82, 2.24) is 15.5 Å². The van der Waals surface area contributed by atoms with Crippen LogP contribution >= 0.6 is 0 Å². The van der Waals surface area contributed by atoms with Crippen molar-refractivity contribution in [3.8, 4) is 0 Å². The van der Waals surface area contributed by atoms with Crippen molar-refractivity contribution in [1.29, 1.82) is 0 Å². The largest absolute Gasteiger partial charge is 0.413 e. The highest BCUT2D eigenvalue weighted by Gasteiger charge is 2.22. The molecule has 3 aromatic rings. The van der Waals surface area contributed by atoms with Crippen molar-refractivity contribution >= 4 is 15.7 Å². The van der Waals surface area contributed by atoms with Gasteiger partial charge in [-0.1, -0.05) is 35.4 Å². The second-order valence-corrected chi connectivity index (χ2v) is 7.94. The normalized spacial score (nSPS) is 11.3. The molecule has 0 spiro atoms. The number of aromatic nitrogens is 2. The third-order valence-corrected chi connectivity index (χ3v) is 5.28. The van der Waals surface area contributed by atoms with Gasteiger partial charge in [0.25, 0.3) is 5.91 Å². The summed E-state index contributed by atoms with van der Waals surface area (Å²) in [4.78, 5) is 11.9.